The standard InChI is InChI=1S/C6H5Br2N/c7-5-2-1-4(9)3-6(5)8/h1-3H,9H2. The van der Waals surface area contributed by atoms with E-state index in [1.54, 1.807) is 0 Å². The lowest BCUT2D eigenvalue weighted by Crippen LogP contribution is -1.82. The normalized spacial score (nSPS) is 9.56. The van der Waals surface area contributed by atoms with Crippen LogP contribution in [0.3, 0.4) is 0 Å². The summed E-state index contributed by atoms with van der Waals surface area (Å²) in [6, 6.07) is 5.60. The molecule has 1 rings (SSSR count). The van der Waals surface area contributed by atoms with E-state index in [1.807, 2.05) is 18.2 Å². The van der Waals surface area contributed by atoms with Gasteiger partial charge in [0.05, 0.1) is 0 Å². The number of benzene rings is 1. The first kappa shape index (κ1) is 7.09. The van der Waals surface area contributed by atoms with E-state index in [4.69, 9.17) is 5.73 Å². The Labute approximate surface area is 70.5 Å². The molecule has 3 heteroatoms. The Bertz CT molecular complexity index is 222. The lowest BCUT2D eigenvalue weighted by Gasteiger charge is -1.95. The van der Waals surface area contributed by atoms with Gasteiger partial charge in [-0.1, -0.05) is 0 Å². The van der Waals surface area contributed by atoms with Gasteiger partial charge in [-0.25, -0.2) is 0 Å². The van der Waals surface area contributed by atoms with Gasteiger partial charge in [-0.3, -0.25) is 0 Å². The summed E-state index contributed by atoms with van der Waals surface area (Å²) in [6.45, 7) is 0. The average Bonchev–Trinajstić information content (AvgIpc) is 1.80. The zero-order chi connectivity index (χ0) is 6.85. The summed E-state index contributed by atoms with van der Waals surface area (Å²) in [5.74, 6) is 0. The summed E-state index contributed by atoms with van der Waals surface area (Å²) in [7, 11) is 0. The molecular formula is C6H5Br2N. The van der Waals surface area contributed by atoms with Gasteiger partial charge in [0.25, 0.3) is 0 Å². The maximum atomic E-state index is 5.48. The van der Waals surface area contributed by atoms with E-state index >= 15 is 0 Å². The number of nitrogens with two attached hydrogens (primary N) is 1. The highest BCUT2D eigenvalue weighted by molar-refractivity contribution is 9.13. The third-order valence-electron chi connectivity index (χ3n) is 0.944. The van der Waals surface area contributed by atoms with Crippen LogP contribution in [-0.4, -0.2) is 0 Å². The molecule has 0 radical (unpaired) electrons. The monoisotopic (exact) mass is 249 g/mol. The summed E-state index contributed by atoms with van der Waals surface area (Å²) in [4.78, 5) is 0. The molecule has 0 aliphatic rings. The number of hydrogen-bond donors (Lipinski definition) is 1. The Morgan fingerprint density at radius 1 is 1.11 bits per heavy atom. The molecule has 0 spiro atoms. The summed E-state index contributed by atoms with van der Waals surface area (Å²) >= 11 is 6.65. The van der Waals surface area contributed by atoms with Crippen LogP contribution in [0.2, 0.25) is 0 Å². The van der Waals surface area contributed by atoms with E-state index in [9.17, 15) is 0 Å². The molecule has 9 heavy (non-hydrogen) atoms. The fourth-order valence-corrected chi connectivity index (χ4v) is 1.16. The largest absolute Gasteiger partial charge is 0.399 e. The SMILES string of the molecule is Nc1ccc(Br)c(Br)c1. The first-order chi connectivity index (χ1) is 4.20. The Morgan fingerprint density at radius 3 is 2.22 bits per heavy atom. The number of nitrogen functional groups attached to an aromatic ring is 1. The minimum atomic E-state index is 0.769. The second-order valence-corrected chi connectivity index (χ2v) is 3.38. The molecule has 1 aromatic rings. The number of hydrogen-bond acceptors (Lipinski definition) is 1. The van der Waals surface area contributed by atoms with E-state index in [2.05, 4.69) is 31.9 Å². The van der Waals surface area contributed by atoms with Crippen molar-refractivity contribution in [2.75, 3.05) is 5.73 Å². The molecule has 2 N–H and O–H groups in total. The van der Waals surface area contributed by atoms with Crippen molar-refractivity contribution in [1.82, 2.24) is 0 Å². The molecule has 0 aliphatic carbocycles. The highest BCUT2D eigenvalue weighted by Crippen LogP contribution is 2.24. The van der Waals surface area contributed by atoms with E-state index in [0.717, 1.165) is 14.6 Å². The average molecular weight is 251 g/mol. The predicted octanol–water partition coefficient (Wildman–Crippen LogP) is 2.79. The van der Waals surface area contributed by atoms with Crippen LogP contribution in [0.15, 0.2) is 27.1 Å². The molecule has 0 unspecified atom stereocenters. The Morgan fingerprint density at radius 2 is 1.78 bits per heavy atom. The van der Waals surface area contributed by atoms with Crippen LogP contribution in [-0.2, 0) is 0 Å². The van der Waals surface area contributed by atoms with Crippen molar-refractivity contribution >= 4 is 37.5 Å². The number of halogens is 2. The Balaban J connectivity index is 3.17. The van der Waals surface area contributed by atoms with Gasteiger partial charge in [0.1, 0.15) is 0 Å². The van der Waals surface area contributed by atoms with Crippen LogP contribution in [0.1, 0.15) is 0 Å². The summed E-state index contributed by atoms with van der Waals surface area (Å²) in [6.07, 6.45) is 0. The number of anilines is 1. The second-order valence-electron chi connectivity index (χ2n) is 1.67. The van der Waals surface area contributed by atoms with Gasteiger partial charge in [-0.2, -0.15) is 0 Å². The van der Waals surface area contributed by atoms with E-state index < -0.39 is 0 Å². The van der Waals surface area contributed by atoms with Crippen LogP contribution < -0.4 is 5.73 Å². The van der Waals surface area contributed by atoms with Crippen LogP contribution in [0.25, 0.3) is 0 Å². The van der Waals surface area contributed by atoms with Gasteiger partial charge in [0, 0.05) is 14.6 Å². The van der Waals surface area contributed by atoms with Gasteiger partial charge in [0.15, 0.2) is 0 Å². The zero-order valence-electron chi connectivity index (χ0n) is 4.57. The molecule has 0 saturated heterocycles. The topological polar surface area (TPSA) is 26.0 Å². The van der Waals surface area contributed by atoms with E-state index in [1.165, 1.54) is 0 Å². The van der Waals surface area contributed by atoms with Crippen LogP contribution >= 0.6 is 31.9 Å². The third kappa shape index (κ3) is 1.69. The molecule has 0 amide bonds. The fraction of sp³-hybridized carbons (Fsp3) is 0. The minimum absolute atomic E-state index is 0.769. The van der Waals surface area contributed by atoms with Crippen molar-refractivity contribution < 1.29 is 0 Å². The van der Waals surface area contributed by atoms with Crippen LogP contribution in [0.5, 0.6) is 0 Å². The summed E-state index contributed by atoms with van der Waals surface area (Å²) in [5.41, 5.74) is 6.25. The number of rotatable bonds is 0. The van der Waals surface area contributed by atoms with Crippen molar-refractivity contribution in [3.05, 3.63) is 27.1 Å². The van der Waals surface area contributed by atoms with E-state index in [0.29, 0.717) is 0 Å². The van der Waals surface area contributed by atoms with Gasteiger partial charge in [-0.05, 0) is 50.1 Å². The molecule has 0 heterocycles. The molecule has 0 fully saturated rings. The van der Waals surface area contributed by atoms with Crippen LogP contribution in [0.4, 0.5) is 5.69 Å². The fourth-order valence-electron chi connectivity index (χ4n) is 0.512. The van der Waals surface area contributed by atoms with Crippen molar-refractivity contribution in [2.45, 2.75) is 0 Å². The van der Waals surface area contributed by atoms with Gasteiger partial charge >= 0.3 is 0 Å². The van der Waals surface area contributed by atoms with Crippen molar-refractivity contribution in [3.8, 4) is 0 Å². The maximum absolute atomic E-state index is 5.48. The van der Waals surface area contributed by atoms with Crippen molar-refractivity contribution in [2.24, 2.45) is 0 Å². The molecule has 1 aromatic carbocycles. The minimum Gasteiger partial charge on any atom is -0.399 e. The molecule has 0 aliphatic heterocycles. The van der Waals surface area contributed by atoms with E-state index in [-0.39, 0.29) is 0 Å². The third-order valence-corrected chi connectivity index (χ3v) is 2.82. The summed E-state index contributed by atoms with van der Waals surface area (Å²) < 4.78 is 2.01. The van der Waals surface area contributed by atoms with Gasteiger partial charge in [-0.15, -0.1) is 0 Å². The smallest absolute Gasteiger partial charge is 0.0337 e. The Kier molecular flexibility index (Phi) is 2.13. The van der Waals surface area contributed by atoms with Crippen molar-refractivity contribution in [3.63, 3.8) is 0 Å². The predicted molar refractivity (Wildman–Crippen MR) is 46.3 cm³/mol. The molecule has 0 aromatic heterocycles. The van der Waals surface area contributed by atoms with Crippen molar-refractivity contribution in [1.29, 1.82) is 0 Å². The second kappa shape index (κ2) is 2.71. The highest BCUT2D eigenvalue weighted by Gasteiger charge is 1.93. The zero-order valence-corrected chi connectivity index (χ0v) is 7.74. The molecule has 1 nitrogen and oxygen atoms in total. The summed E-state index contributed by atoms with van der Waals surface area (Å²) in [5, 5.41) is 0. The maximum Gasteiger partial charge on any atom is 0.0337 e. The first-order valence-corrected chi connectivity index (χ1v) is 3.99. The first-order valence-electron chi connectivity index (χ1n) is 2.40. The molecule has 0 bridgehead atoms. The molecule has 0 atom stereocenters. The van der Waals surface area contributed by atoms with Crippen LogP contribution in [0, 0.1) is 0 Å². The lowest BCUT2D eigenvalue weighted by atomic mass is 10.3. The Hall–Kier alpha value is -0.0200. The van der Waals surface area contributed by atoms with Gasteiger partial charge in [0.2, 0.25) is 0 Å². The highest BCUT2D eigenvalue weighted by atomic mass is 79.9. The van der Waals surface area contributed by atoms with Gasteiger partial charge < -0.3 is 5.73 Å². The lowest BCUT2D eigenvalue weighted by molar-refractivity contribution is 1.58. The quantitative estimate of drug-likeness (QED) is 0.705. The molecule has 48 valence electrons. The molecule has 0 saturated carbocycles. The molecular weight excluding hydrogens is 246 g/mol.